The third-order valence-electron chi connectivity index (χ3n) is 2.87. The average molecular weight is 226 g/mol. The molecule has 0 aliphatic carbocycles. The molecule has 1 aromatic heterocycles. The van der Waals surface area contributed by atoms with Crippen LogP contribution in [0.2, 0.25) is 0 Å². The number of hydrogen-bond donors (Lipinski definition) is 1. The van der Waals surface area contributed by atoms with Crippen LogP contribution < -0.4 is 5.32 Å². The second-order valence-electron chi connectivity index (χ2n) is 4.43. The third kappa shape index (κ3) is 2.71. The van der Waals surface area contributed by atoms with Crippen LogP contribution in [0.25, 0.3) is 11.1 Å². The Balaban J connectivity index is 2.42. The van der Waals surface area contributed by atoms with E-state index in [0.29, 0.717) is 0 Å². The number of rotatable bonds is 3. The molecule has 2 nitrogen and oxygen atoms in total. The van der Waals surface area contributed by atoms with Gasteiger partial charge in [-0.3, -0.25) is 4.98 Å². The Labute approximate surface area is 103 Å². The van der Waals surface area contributed by atoms with Crippen molar-refractivity contribution in [3.63, 3.8) is 0 Å². The lowest BCUT2D eigenvalue weighted by molar-refractivity contribution is 0.813. The fourth-order valence-electron chi connectivity index (χ4n) is 2.07. The number of nitrogens with one attached hydrogen (secondary N) is 1. The predicted molar refractivity (Wildman–Crippen MR) is 71.9 cm³/mol. The van der Waals surface area contributed by atoms with Gasteiger partial charge in [-0.05, 0) is 43.7 Å². The van der Waals surface area contributed by atoms with Crippen LogP contribution in [0.5, 0.6) is 0 Å². The molecular formula is C15H18N2. The monoisotopic (exact) mass is 226 g/mol. The number of pyridine rings is 1. The minimum absolute atomic E-state index is 0.853. The van der Waals surface area contributed by atoms with Gasteiger partial charge in [-0.1, -0.05) is 23.8 Å². The lowest BCUT2D eigenvalue weighted by Crippen LogP contribution is -2.05. The van der Waals surface area contributed by atoms with Crippen LogP contribution in [0.3, 0.4) is 0 Å². The molecule has 0 saturated heterocycles. The first kappa shape index (κ1) is 11.8. The molecule has 0 unspecified atom stereocenters. The van der Waals surface area contributed by atoms with Crippen LogP contribution in [-0.2, 0) is 6.54 Å². The summed E-state index contributed by atoms with van der Waals surface area (Å²) < 4.78 is 0. The normalized spacial score (nSPS) is 10.5. The zero-order valence-corrected chi connectivity index (χ0v) is 10.6. The van der Waals surface area contributed by atoms with E-state index in [1.54, 1.807) is 0 Å². The van der Waals surface area contributed by atoms with Crippen LogP contribution >= 0.6 is 0 Å². The number of aryl methyl sites for hydroxylation is 2. The first-order valence-corrected chi connectivity index (χ1v) is 5.87. The highest BCUT2D eigenvalue weighted by molar-refractivity contribution is 5.67. The lowest BCUT2D eigenvalue weighted by Gasteiger charge is -2.08. The van der Waals surface area contributed by atoms with E-state index < -0.39 is 0 Å². The summed E-state index contributed by atoms with van der Waals surface area (Å²) >= 11 is 0. The summed E-state index contributed by atoms with van der Waals surface area (Å²) in [7, 11) is 1.95. The smallest absolute Gasteiger partial charge is 0.0346 e. The van der Waals surface area contributed by atoms with Gasteiger partial charge < -0.3 is 5.32 Å². The minimum Gasteiger partial charge on any atom is -0.316 e. The Bertz CT molecular complexity index is 518. The first-order valence-electron chi connectivity index (χ1n) is 5.87. The van der Waals surface area contributed by atoms with Gasteiger partial charge in [0.15, 0.2) is 0 Å². The maximum atomic E-state index is 4.30. The average Bonchev–Trinajstić information content (AvgIpc) is 2.29. The molecule has 0 radical (unpaired) electrons. The minimum atomic E-state index is 0.853. The van der Waals surface area contributed by atoms with Crippen LogP contribution in [0, 0.1) is 13.8 Å². The van der Waals surface area contributed by atoms with Crippen LogP contribution in [-0.4, -0.2) is 12.0 Å². The molecule has 0 spiro atoms. The standard InChI is InChI=1S/C15H18N2/c1-11-4-5-15(12(2)6-11)14-7-13(8-16-3)9-17-10-14/h4-7,9-10,16H,8H2,1-3H3. The summed E-state index contributed by atoms with van der Waals surface area (Å²) in [6.45, 7) is 5.12. The van der Waals surface area contributed by atoms with Gasteiger partial charge >= 0.3 is 0 Å². The van der Waals surface area contributed by atoms with Crippen molar-refractivity contribution in [2.45, 2.75) is 20.4 Å². The van der Waals surface area contributed by atoms with Crippen molar-refractivity contribution in [2.24, 2.45) is 0 Å². The van der Waals surface area contributed by atoms with E-state index >= 15 is 0 Å². The molecular weight excluding hydrogens is 208 g/mol. The van der Waals surface area contributed by atoms with E-state index in [9.17, 15) is 0 Å². The third-order valence-corrected chi connectivity index (χ3v) is 2.87. The fourth-order valence-corrected chi connectivity index (χ4v) is 2.07. The van der Waals surface area contributed by atoms with Crippen molar-refractivity contribution < 1.29 is 0 Å². The molecule has 0 amide bonds. The molecule has 0 saturated carbocycles. The lowest BCUT2D eigenvalue weighted by atomic mass is 9.99. The molecule has 17 heavy (non-hydrogen) atoms. The highest BCUT2D eigenvalue weighted by Crippen LogP contribution is 2.24. The van der Waals surface area contributed by atoms with Gasteiger partial charge in [0.2, 0.25) is 0 Å². The molecule has 2 heteroatoms. The maximum absolute atomic E-state index is 4.30. The summed E-state index contributed by atoms with van der Waals surface area (Å²) in [6.07, 6.45) is 3.83. The molecule has 2 rings (SSSR count). The number of benzene rings is 1. The van der Waals surface area contributed by atoms with Crippen LogP contribution in [0.15, 0.2) is 36.7 Å². The Kier molecular flexibility index (Phi) is 3.55. The molecule has 0 aliphatic rings. The van der Waals surface area contributed by atoms with Gasteiger partial charge in [0.1, 0.15) is 0 Å². The Morgan fingerprint density at radius 2 is 1.94 bits per heavy atom. The summed E-state index contributed by atoms with van der Waals surface area (Å²) in [5.74, 6) is 0. The van der Waals surface area contributed by atoms with E-state index in [-0.39, 0.29) is 0 Å². The molecule has 2 aromatic rings. The maximum Gasteiger partial charge on any atom is 0.0346 e. The van der Waals surface area contributed by atoms with Gasteiger partial charge in [0.25, 0.3) is 0 Å². The Morgan fingerprint density at radius 3 is 2.65 bits per heavy atom. The number of aromatic nitrogens is 1. The first-order chi connectivity index (χ1) is 8.20. The van der Waals surface area contributed by atoms with Crippen molar-refractivity contribution in [1.82, 2.24) is 10.3 Å². The molecule has 1 aromatic carbocycles. The van der Waals surface area contributed by atoms with E-state index in [1.807, 2.05) is 19.4 Å². The topological polar surface area (TPSA) is 24.9 Å². The van der Waals surface area contributed by atoms with E-state index in [0.717, 1.165) is 6.54 Å². The number of hydrogen-bond acceptors (Lipinski definition) is 2. The predicted octanol–water partition coefficient (Wildman–Crippen LogP) is 3.08. The molecule has 0 atom stereocenters. The highest BCUT2D eigenvalue weighted by atomic mass is 14.8. The van der Waals surface area contributed by atoms with Crippen LogP contribution in [0.4, 0.5) is 0 Å². The van der Waals surface area contributed by atoms with E-state index in [1.165, 1.54) is 27.8 Å². The van der Waals surface area contributed by atoms with Gasteiger partial charge in [0.05, 0.1) is 0 Å². The van der Waals surface area contributed by atoms with Gasteiger partial charge in [-0.15, -0.1) is 0 Å². The van der Waals surface area contributed by atoms with Crippen molar-refractivity contribution in [3.8, 4) is 11.1 Å². The SMILES string of the molecule is CNCc1cncc(-c2ccc(C)cc2C)c1. The molecule has 0 bridgehead atoms. The summed E-state index contributed by atoms with van der Waals surface area (Å²) in [5.41, 5.74) is 6.26. The Morgan fingerprint density at radius 1 is 1.12 bits per heavy atom. The van der Waals surface area contributed by atoms with Gasteiger partial charge in [0, 0.05) is 24.5 Å². The molecule has 88 valence electrons. The second kappa shape index (κ2) is 5.11. The summed E-state index contributed by atoms with van der Waals surface area (Å²) in [6, 6.07) is 8.72. The molecule has 0 aliphatic heterocycles. The molecule has 0 fully saturated rings. The van der Waals surface area contributed by atoms with Crippen molar-refractivity contribution >= 4 is 0 Å². The van der Waals surface area contributed by atoms with E-state index in [4.69, 9.17) is 0 Å². The highest BCUT2D eigenvalue weighted by Gasteiger charge is 2.03. The largest absolute Gasteiger partial charge is 0.316 e. The fraction of sp³-hybridized carbons (Fsp3) is 0.267. The van der Waals surface area contributed by atoms with Gasteiger partial charge in [-0.25, -0.2) is 0 Å². The summed E-state index contributed by atoms with van der Waals surface area (Å²) in [5, 5.41) is 3.15. The van der Waals surface area contributed by atoms with Crippen molar-refractivity contribution in [1.29, 1.82) is 0 Å². The Hall–Kier alpha value is -1.67. The molecule has 1 N–H and O–H groups in total. The zero-order valence-electron chi connectivity index (χ0n) is 10.6. The van der Waals surface area contributed by atoms with Crippen molar-refractivity contribution in [3.05, 3.63) is 53.3 Å². The zero-order chi connectivity index (χ0) is 12.3. The van der Waals surface area contributed by atoms with Gasteiger partial charge in [-0.2, -0.15) is 0 Å². The number of nitrogens with zero attached hydrogens (tertiary/aromatic N) is 1. The quantitative estimate of drug-likeness (QED) is 0.870. The van der Waals surface area contributed by atoms with Crippen molar-refractivity contribution in [2.75, 3.05) is 7.05 Å². The summed E-state index contributed by atoms with van der Waals surface area (Å²) in [4.78, 5) is 4.30. The van der Waals surface area contributed by atoms with E-state index in [2.05, 4.69) is 48.4 Å². The van der Waals surface area contributed by atoms with Crippen LogP contribution in [0.1, 0.15) is 16.7 Å². The molecule has 1 heterocycles. The second-order valence-corrected chi connectivity index (χ2v) is 4.43.